The van der Waals surface area contributed by atoms with Crippen molar-refractivity contribution in [3.05, 3.63) is 84.2 Å². The van der Waals surface area contributed by atoms with Crippen LogP contribution in [0.4, 0.5) is 0 Å². The predicted octanol–water partition coefficient (Wildman–Crippen LogP) is 5.02. The smallest absolute Gasteiger partial charge is 0.251 e. The molecule has 1 N–H and O–H groups in total. The molecule has 0 aliphatic heterocycles. The summed E-state index contributed by atoms with van der Waals surface area (Å²) in [5, 5.41) is 12.7. The van der Waals surface area contributed by atoms with Gasteiger partial charge in [0.1, 0.15) is 5.75 Å². The number of rotatable bonds is 9. The second-order valence-corrected chi connectivity index (χ2v) is 9.07. The van der Waals surface area contributed by atoms with E-state index in [-0.39, 0.29) is 5.91 Å². The second kappa shape index (κ2) is 11.0. The van der Waals surface area contributed by atoms with Gasteiger partial charge in [0.25, 0.3) is 5.91 Å². The molecule has 8 heteroatoms. The fourth-order valence-electron chi connectivity index (χ4n) is 3.42. The number of thioether (sulfide) groups is 1. The number of pyridine rings is 1. The number of nitrogens with zero attached hydrogens (tertiary/aromatic N) is 4. The number of nitrogens with one attached hydrogen (secondary N) is 1. The normalized spacial score (nSPS) is 10.9. The van der Waals surface area contributed by atoms with Gasteiger partial charge in [-0.25, -0.2) is 0 Å². The zero-order valence-electron chi connectivity index (χ0n) is 19.4. The Balaban J connectivity index is 1.64. The van der Waals surface area contributed by atoms with E-state index >= 15 is 0 Å². The summed E-state index contributed by atoms with van der Waals surface area (Å²) < 4.78 is 7.33. The van der Waals surface area contributed by atoms with Gasteiger partial charge in [-0.2, -0.15) is 0 Å². The number of hydrogen-bond acceptors (Lipinski definition) is 6. The molecule has 2 aromatic carbocycles. The number of amides is 1. The molecule has 0 bridgehead atoms. The fourth-order valence-corrected chi connectivity index (χ4v) is 4.37. The third-order valence-corrected chi connectivity index (χ3v) is 6.17. The van der Waals surface area contributed by atoms with Crippen LogP contribution in [0.3, 0.4) is 0 Å². The molecule has 0 fully saturated rings. The first-order valence-corrected chi connectivity index (χ1v) is 12.0. The molecule has 174 valence electrons. The van der Waals surface area contributed by atoms with Crippen LogP contribution < -0.4 is 10.1 Å². The standard InChI is InChI=1S/C26H27N5O2S/c1-18(2)16-28-25(32)23-7-5-4-6-20(23)17-34-26-30-29-24(19-12-14-27-15-13-19)31(26)21-8-10-22(33-3)11-9-21/h4-15,18H,16-17H2,1-3H3,(H,28,32). The molecule has 0 saturated heterocycles. The van der Waals surface area contributed by atoms with Crippen molar-refractivity contribution in [1.82, 2.24) is 25.1 Å². The van der Waals surface area contributed by atoms with Crippen molar-refractivity contribution in [3.8, 4) is 22.8 Å². The molecule has 0 saturated carbocycles. The van der Waals surface area contributed by atoms with Gasteiger partial charge < -0.3 is 10.1 Å². The molecule has 0 aliphatic carbocycles. The first-order valence-electron chi connectivity index (χ1n) is 11.1. The molecule has 7 nitrogen and oxygen atoms in total. The van der Waals surface area contributed by atoms with Gasteiger partial charge in [-0.3, -0.25) is 14.3 Å². The van der Waals surface area contributed by atoms with Crippen molar-refractivity contribution >= 4 is 17.7 Å². The summed E-state index contributed by atoms with van der Waals surface area (Å²) in [5.74, 6) is 2.41. The number of aromatic nitrogens is 4. The summed E-state index contributed by atoms with van der Waals surface area (Å²) in [5.41, 5.74) is 3.46. The van der Waals surface area contributed by atoms with E-state index < -0.39 is 0 Å². The van der Waals surface area contributed by atoms with E-state index in [0.29, 0.717) is 23.8 Å². The number of carbonyl (C=O) groups excluding carboxylic acids is 1. The minimum absolute atomic E-state index is 0.0565. The topological polar surface area (TPSA) is 81.9 Å². The highest BCUT2D eigenvalue weighted by molar-refractivity contribution is 7.98. The molecule has 2 heterocycles. The lowest BCUT2D eigenvalue weighted by molar-refractivity contribution is 0.0948. The molecule has 2 aromatic heterocycles. The van der Waals surface area contributed by atoms with Crippen LogP contribution in [-0.2, 0) is 5.75 Å². The highest BCUT2D eigenvalue weighted by Crippen LogP contribution is 2.31. The van der Waals surface area contributed by atoms with Gasteiger partial charge in [-0.15, -0.1) is 10.2 Å². The number of benzene rings is 2. The van der Waals surface area contributed by atoms with E-state index in [0.717, 1.165) is 33.5 Å². The molecule has 0 aliphatic rings. The number of methoxy groups -OCH3 is 1. The summed E-state index contributed by atoms with van der Waals surface area (Å²) in [4.78, 5) is 16.9. The summed E-state index contributed by atoms with van der Waals surface area (Å²) in [6.45, 7) is 4.80. The van der Waals surface area contributed by atoms with E-state index in [2.05, 4.69) is 34.3 Å². The average Bonchev–Trinajstić information content (AvgIpc) is 3.30. The van der Waals surface area contributed by atoms with Crippen LogP contribution in [0.2, 0.25) is 0 Å². The first-order chi connectivity index (χ1) is 16.6. The Morgan fingerprint density at radius 2 is 1.76 bits per heavy atom. The molecule has 4 aromatic rings. The van der Waals surface area contributed by atoms with Crippen LogP contribution in [0.25, 0.3) is 17.1 Å². The van der Waals surface area contributed by atoms with Crippen LogP contribution in [0.5, 0.6) is 5.75 Å². The Bertz CT molecular complexity index is 1240. The summed E-state index contributed by atoms with van der Waals surface area (Å²) in [7, 11) is 1.65. The minimum Gasteiger partial charge on any atom is -0.497 e. The highest BCUT2D eigenvalue weighted by atomic mass is 32.2. The fraction of sp³-hybridized carbons (Fsp3) is 0.231. The van der Waals surface area contributed by atoms with Crippen LogP contribution in [0.1, 0.15) is 29.8 Å². The van der Waals surface area contributed by atoms with E-state index in [1.54, 1.807) is 19.5 Å². The third kappa shape index (κ3) is 5.46. The Labute approximate surface area is 203 Å². The van der Waals surface area contributed by atoms with E-state index in [9.17, 15) is 4.79 Å². The molecule has 1 amide bonds. The van der Waals surface area contributed by atoms with Crippen LogP contribution >= 0.6 is 11.8 Å². The molecular weight excluding hydrogens is 446 g/mol. The number of ether oxygens (including phenoxy) is 1. The highest BCUT2D eigenvalue weighted by Gasteiger charge is 2.18. The summed E-state index contributed by atoms with van der Waals surface area (Å²) in [6, 6.07) is 19.3. The predicted molar refractivity (Wildman–Crippen MR) is 134 cm³/mol. The third-order valence-electron chi connectivity index (χ3n) is 5.19. The van der Waals surface area contributed by atoms with Gasteiger partial charge in [0, 0.05) is 41.5 Å². The zero-order chi connectivity index (χ0) is 23.9. The van der Waals surface area contributed by atoms with Crippen LogP contribution in [0, 0.1) is 5.92 Å². The lowest BCUT2D eigenvalue weighted by Crippen LogP contribution is -2.28. The molecule has 4 rings (SSSR count). The van der Waals surface area contributed by atoms with Crippen LogP contribution in [-0.4, -0.2) is 39.3 Å². The monoisotopic (exact) mass is 473 g/mol. The number of carbonyl (C=O) groups is 1. The molecule has 0 unspecified atom stereocenters. The van der Waals surface area contributed by atoms with Crippen LogP contribution in [0.15, 0.2) is 78.2 Å². The largest absolute Gasteiger partial charge is 0.497 e. The quantitative estimate of drug-likeness (QED) is 0.344. The van der Waals surface area contributed by atoms with E-state index in [1.807, 2.05) is 65.2 Å². The first kappa shape index (κ1) is 23.5. The van der Waals surface area contributed by atoms with Gasteiger partial charge >= 0.3 is 0 Å². The van der Waals surface area contributed by atoms with E-state index in [1.165, 1.54) is 11.8 Å². The molecule has 0 spiro atoms. The molecular formula is C26H27N5O2S. The lowest BCUT2D eigenvalue weighted by atomic mass is 10.1. The van der Waals surface area contributed by atoms with E-state index in [4.69, 9.17) is 4.74 Å². The Hall–Kier alpha value is -3.65. The Morgan fingerprint density at radius 3 is 2.47 bits per heavy atom. The van der Waals surface area contributed by atoms with Crippen molar-refractivity contribution in [1.29, 1.82) is 0 Å². The van der Waals surface area contributed by atoms with Crippen molar-refractivity contribution in [2.75, 3.05) is 13.7 Å². The van der Waals surface area contributed by atoms with Crippen molar-refractivity contribution in [2.45, 2.75) is 24.8 Å². The summed E-state index contributed by atoms with van der Waals surface area (Å²) >= 11 is 1.54. The maximum Gasteiger partial charge on any atom is 0.251 e. The SMILES string of the molecule is COc1ccc(-n2c(SCc3ccccc3C(=O)NCC(C)C)nnc2-c2ccncc2)cc1. The maximum absolute atomic E-state index is 12.7. The van der Waals surface area contributed by atoms with Crippen molar-refractivity contribution < 1.29 is 9.53 Å². The van der Waals surface area contributed by atoms with Crippen molar-refractivity contribution in [3.63, 3.8) is 0 Å². The van der Waals surface area contributed by atoms with Gasteiger partial charge in [0.05, 0.1) is 7.11 Å². The Kier molecular flexibility index (Phi) is 7.59. The Morgan fingerprint density at radius 1 is 1.03 bits per heavy atom. The zero-order valence-corrected chi connectivity index (χ0v) is 20.2. The van der Waals surface area contributed by atoms with Gasteiger partial charge in [-0.1, -0.05) is 43.8 Å². The van der Waals surface area contributed by atoms with Crippen molar-refractivity contribution in [2.24, 2.45) is 5.92 Å². The minimum atomic E-state index is -0.0565. The molecule has 0 atom stereocenters. The lowest BCUT2D eigenvalue weighted by Gasteiger charge is -2.13. The van der Waals surface area contributed by atoms with Gasteiger partial charge in [0.15, 0.2) is 11.0 Å². The average molecular weight is 474 g/mol. The summed E-state index contributed by atoms with van der Waals surface area (Å²) in [6.07, 6.45) is 3.47. The number of hydrogen-bond donors (Lipinski definition) is 1. The van der Waals surface area contributed by atoms with Gasteiger partial charge in [0.2, 0.25) is 0 Å². The molecule has 34 heavy (non-hydrogen) atoms. The van der Waals surface area contributed by atoms with Gasteiger partial charge in [-0.05, 0) is 53.9 Å². The second-order valence-electron chi connectivity index (χ2n) is 8.13. The maximum atomic E-state index is 12.7. The molecule has 0 radical (unpaired) electrons.